The fraction of sp³-hybridized carbons (Fsp3) is 0.583. The molecular weight excluding hydrogens is 364 g/mol. The van der Waals surface area contributed by atoms with E-state index in [4.69, 9.17) is 30.9 Å². The summed E-state index contributed by atoms with van der Waals surface area (Å²) in [6, 6.07) is 0. The number of halogens is 6. The molecule has 6 N–H and O–H groups in total. The molecule has 0 aliphatic carbocycles. The molecule has 25 heavy (non-hydrogen) atoms. The Kier molecular flexibility index (Phi) is 15.5. The summed E-state index contributed by atoms with van der Waals surface area (Å²) in [4.78, 5) is 17.8. The lowest BCUT2D eigenvalue weighted by atomic mass is 10.3. The van der Waals surface area contributed by atoms with E-state index in [0.717, 1.165) is 25.9 Å². The van der Waals surface area contributed by atoms with Crippen LogP contribution in [0.15, 0.2) is 12.7 Å². The quantitative estimate of drug-likeness (QED) is 0.157. The average molecular weight is 383 g/mol. The SMILES string of the molecule is C=CCC(=N)NCCCCN.O=C(O)C(F)(F)F.O=C(O)C(F)(F)F. The van der Waals surface area contributed by atoms with Gasteiger partial charge in [-0.1, -0.05) is 6.08 Å². The van der Waals surface area contributed by atoms with Gasteiger partial charge in [-0.2, -0.15) is 26.3 Å². The van der Waals surface area contributed by atoms with Crippen LogP contribution in [0.2, 0.25) is 0 Å². The molecule has 0 spiro atoms. The number of rotatable bonds is 6. The molecule has 0 aliphatic rings. The zero-order chi connectivity index (χ0) is 20.7. The number of hydrogen-bond donors (Lipinski definition) is 5. The van der Waals surface area contributed by atoms with Gasteiger partial charge in [0.05, 0.1) is 5.84 Å². The molecule has 0 saturated carbocycles. The molecular formula is C12H19F6N3O4. The van der Waals surface area contributed by atoms with Gasteiger partial charge in [-0.25, -0.2) is 9.59 Å². The Morgan fingerprint density at radius 1 is 1.04 bits per heavy atom. The van der Waals surface area contributed by atoms with Gasteiger partial charge in [0, 0.05) is 13.0 Å². The van der Waals surface area contributed by atoms with Crippen molar-refractivity contribution in [2.75, 3.05) is 13.1 Å². The average Bonchev–Trinajstić information content (AvgIpc) is 2.43. The first kappa shape index (κ1) is 27.5. The number of unbranched alkanes of at least 4 members (excludes halogenated alkanes) is 1. The van der Waals surface area contributed by atoms with Gasteiger partial charge in [0.1, 0.15) is 0 Å². The molecule has 0 aliphatic heterocycles. The van der Waals surface area contributed by atoms with Crippen LogP contribution in [0.1, 0.15) is 19.3 Å². The molecule has 0 amide bonds. The van der Waals surface area contributed by atoms with E-state index in [1.165, 1.54) is 0 Å². The van der Waals surface area contributed by atoms with Crippen LogP contribution in [-0.4, -0.2) is 53.4 Å². The van der Waals surface area contributed by atoms with Crippen LogP contribution in [0.3, 0.4) is 0 Å². The van der Waals surface area contributed by atoms with Crippen molar-refractivity contribution in [1.82, 2.24) is 5.32 Å². The van der Waals surface area contributed by atoms with Gasteiger partial charge < -0.3 is 21.3 Å². The fourth-order valence-corrected chi connectivity index (χ4v) is 0.725. The number of carbonyl (C=O) groups is 2. The summed E-state index contributed by atoms with van der Waals surface area (Å²) in [5.41, 5.74) is 5.31. The lowest BCUT2D eigenvalue weighted by Gasteiger charge is -2.04. The van der Waals surface area contributed by atoms with Crippen LogP contribution in [0.4, 0.5) is 26.3 Å². The Bertz CT molecular complexity index is 400. The lowest BCUT2D eigenvalue weighted by Crippen LogP contribution is -2.23. The molecule has 0 aromatic heterocycles. The number of aliphatic carboxylic acids is 2. The van der Waals surface area contributed by atoms with Crippen LogP contribution >= 0.6 is 0 Å². The minimum atomic E-state index is -5.08. The van der Waals surface area contributed by atoms with Gasteiger partial charge in [-0.05, 0) is 19.4 Å². The Morgan fingerprint density at radius 3 is 1.64 bits per heavy atom. The first-order valence-electron chi connectivity index (χ1n) is 6.42. The molecule has 0 aromatic carbocycles. The molecule has 0 bridgehead atoms. The Hall–Kier alpha value is -2.31. The van der Waals surface area contributed by atoms with E-state index in [0.29, 0.717) is 12.3 Å². The fourth-order valence-electron chi connectivity index (χ4n) is 0.725. The van der Waals surface area contributed by atoms with Crippen LogP contribution in [0.25, 0.3) is 0 Å². The summed E-state index contributed by atoms with van der Waals surface area (Å²) in [6.45, 7) is 5.13. The second-order valence-corrected chi connectivity index (χ2v) is 4.00. The molecule has 0 rings (SSSR count). The van der Waals surface area contributed by atoms with Gasteiger partial charge in [-0.15, -0.1) is 6.58 Å². The summed E-state index contributed by atoms with van der Waals surface area (Å²) >= 11 is 0. The van der Waals surface area contributed by atoms with Crippen molar-refractivity contribution in [3.8, 4) is 0 Å². The monoisotopic (exact) mass is 383 g/mol. The standard InChI is InChI=1S/C8H17N3.2C2HF3O2/c1-2-5-8(10)11-7-4-3-6-9;2*3-2(4,5)1(6)7/h2H,1,3-7,9H2,(H2,10,11);2*(H,6,7). The predicted octanol–water partition coefficient (Wildman–Crippen LogP) is 2.13. The third-order valence-corrected chi connectivity index (χ3v) is 1.80. The van der Waals surface area contributed by atoms with Crippen molar-refractivity contribution in [3.63, 3.8) is 0 Å². The lowest BCUT2D eigenvalue weighted by molar-refractivity contribution is -0.193. The van der Waals surface area contributed by atoms with E-state index in [-0.39, 0.29) is 0 Å². The number of amidine groups is 1. The van der Waals surface area contributed by atoms with Gasteiger partial charge in [0.2, 0.25) is 0 Å². The number of hydrogen-bond acceptors (Lipinski definition) is 4. The highest BCUT2D eigenvalue weighted by Gasteiger charge is 2.38. The van der Waals surface area contributed by atoms with Crippen LogP contribution in [-0.2, 0) is 9.59 Å². The van der Waals surface area contributed by atoms with Crippen LogP contribution < -0.4 is 11.1 Å². The molecule has 7 nitrogen and oxygen atoms in total. The van der Waals surface area contributed by atoms with E-state index in [9.17, 15) is 26.3 Å². The first-order chi connectivity index (χ1) is 11.2. The summed E-state index contributed by atoms with van der Waals surface area (Å²) in [5, 5.41) is 24.5. The maximum Gasteiger partial charge on any atom is 0.490 e. The molecule has 0 saturated heterocycles. The van der Waals surface area contributed by atoms with Crippen LogP contribution in [0, 0.1) is 5.41 Å². The molecule has 0 atom stereocenters. The van der Waals surface area contributed by atoms with Gasteiger partial charge in [0.15, 0.2) is 0 Å². The highest BCUT2D eigenvalue weighted by atomic mass is 19.4. The van der Waals surface area contributed by atoms with Gasteiger partial charge in [-0.3, -0.25) is 5.41 Å². The van der Waals surface area contributed by atoms with Gasteiger partial charge in [0.25, 0.3) is 0 Å². The summed E-state index contributed by atoms with van der Waals surface area (Å²) in [7, 11) is 0. The Morgan fingerprint density at radius 2 is 1.40 bits per heavy atom. The number of carboxylic acid groups (broad SMARTS) is 2. The minimum Gasteiger partial charge on any atom is -0.475 e. The largest absolute Gasteiger partial charge is 0.490 e. The predicted molar refractivity (Wildman–Crippen MR) is 76.2 cm³/mol. The number of carboxylic acids is 2. The maximum absolute atomic E-state index is 10.6. The number of nitrogens with two attached hydrogens (primary N) is 1. The smallest absolute Gasteiger partial charge is 0.475 e. The summed E-state index contributed by atoms with van der Waals surface area (Å²) in [5.74, 6) is -4.97. The van der Waals surface area contributed by atoms with Crippen molar-refractivity contribution in [1.29, 1.82) is 5.41 Å². The molecule has 148 valence electrons. The molecule has 13 heteroatoms. The third kappa shape index (κ3) is 24.1. The van der Waals surface area contributed by atoms with Crippen molar-refractivity contribution >= 4 is 17.8 Å². The Labute approximate surface area is 139 Å². The topological polar surface area (TPSA) is 136 Å². The van der Waals surface area contributed by atoms with Gasteiger partial charge >= 0.3 is 24.3 Å². The van der Waals surface area contributed by atoms with E-state index in [1.807, 2.05) is 0 Å². The second kappa shape index (κ2) is 14.1. The number of alkyl halides is 6. The Balaban J connectivity index is -0.000000304. The van der Waals surface area contributed by atoms with Crippen LogP contribution in [0.5, 0.6) is 0 Å². The summed E-state index contributed by atoms with van der Waals surface area (Å²) < 4.78 is 63.5. The van der Waals surface area contributed by atoms with E-state index >= 15 is 0 Å². The first-order valence-corrected chi connectivity index (χ1v) is 6.42. The molecule has 0 aromatic rings. The third-order valence-electron chi connectivity index (χ3n) is 1.80. The summed E-state index contributed by atoms with van der Waals surface area (Å²) in [6.07, 6.45) is -5.76. The van der Waals surface area contributed by atoms with Crippen molar-refractivity contribution < 1.29 is 46.1 Å². The molecule has 0 heterocycles. The highest BCUT2D eigenvalue weighted by Crippen LogP contribution is 2.13. The maximum atomic E-state index is 10.6. The zero-order valence-electron chi connectivity index (χ0n) is 12.9. The normalized spacial score (nSPS) is 10.4. The number of nitrogens with one attached hydrogen (secondary N) is 2. The molecule has 0 radical (unpaired) electrons. The van der Waals surface area contributed by atoms with Crippen molar-refractivity contribution in [2.24, 2.45) is 5.73 Å². The molecule has 0 unspecified atom stereocenters. The van der Waals surface area contributed by atoms with E-state index in [2.05, 4.69) is 11.9 Å². The molecule has 0 fully saturated rings. The van der Waals surface area contributed by atoms with E-state index < -0.39 is 24.3 Å². The minimum absolute atomic E-state index is 0.539. The van der Waals surface area contributed by atoms with Crippen molar-refractivity contribution in [2.45, 2.75) is 31.6 Å². The van der Waals surface area contributed by atoms with Crippen molar-refractivity contribution in [3.05, 3.63) is 12.7 Å². The zero-order valence-corrected chi connectivity index (χ0v) is 12.9. The highest BCUT2D eigenvalue weighted by molar-refractivity contribution is 5.80. The van der Waals surface area contributed by atoms with E-state index in [1.54, 1.807) is 6.08 Å². The second-order valence-electron chi connectivity index (χ2n) is 4.00.